The summed E-state index contributed by atoms with van der Waals surface area (Å²) in [6.07, 6.45) is 0. The largest absolute Gasteiger partial charge is 0.491 e. The van der Waals surface area contributed by atoms with Gasteiger partial charge in [0.2, 0.25) is 0 Å². The van der Waals surface area contributed by atoms with Gasteiger partial charge >= 0.3 is 7.12 Å². The van der Waals surface area contributed by atoms with Gasteiger partial charge in [-0.2, -0.15) is 0 Å². The molecule has 1 aliphatic heterocycles. The lowest BCUT2D eigenvalue weighted by molar-refractivity contribution is 0.275. The van der Waals surface area contributed by atoms with E-state index >= 15 is 0 Å². The minimum Gasteiger partial charge on any atom is -0.423 e. The van der Waals surface area contributed by atoms with E-state index in [0.717, 1.165) is 16.7 Å². The van der Waals surface area contributed by atoms with Crippen LogP contribution in [0.1, 0.15) is 16.7 Å². The molecular formula is C21H19BFNO2. The van der Waals surface area contributed by atoms with Crippen molar-refractivity contribution < 1.29 is 14.1 Å². The summed E-state index contributed by atoms with van der Waals surface area (Å²) in [5.74, 6) is -0.347. The van der Waals surface area contributed by atoms with Gasteiger partial charge in [0.15, 0.2) is 0 Å². The van der Waals surface area contributed by atoms with Crippen LogP contribution in [0.4, 0.5) is 10.1 Å². The SMILES string of the molecule is OB1OCc2cc(N(Cc3ccccc3)Cc3ccccc3)c(F)cc21. The Morgan fingerprint density at radius 2 is 1.50 bits per heavy atom. The monoisotopic (exact) mass is 347 g/mol. The predicted octanol–water partition coefficient (Wildman–Crippen LogP) is 3.25. The number of benzene rings is 3. The third-order valence-corrected chi connectivity index (χ3v) is 4.64. The molecule has 1 heterocycles. The van der Waals surface area contributed by atoms with Crippen LogP contribution >= 0.6 is 0 Å². The zero-order valence-electron chi connectivity index (χ0n) is 14.3. The zero-order chi connectivity index (χ0) is 17.9. The average Bonchev–Trinajstić information content (AvgIpc) is 3.02. The van der Waals surface area contributed by atoms with Crippen LogP contribution in [0.25, 0.3) is 0 Å². The fraction of sp³-hybridized carbons (Fsp3) is 0.143. The molecule has 0 amide bonds. The van der Waals surface area contributed by atoms with Gasteiger partial charge in [-0.15, -0.1) is 0 Å². The van der Waals surface area contributed by atoms with Crippen molar-refractivity contribution in [1.29, 1.82) is 0 Å². The summed E-state index contributed by atoms with van der Waals surface area (Å²) in [4.78, 5) is 2.02. The van der Waals surface area contributed by atoms with Crippen molar-refractivity contribution in [3.8, 4) is 0 Å². The van der Waals surface area contributed by atoms with Crippen LogP contribution in [-0.2, 0) is 24.4 Å². The number of halogens is 1. The van der Waals surface area contributed by atoms with Crippen LogP contribution in [0.5, 0.6) is 0 Å². The summed E-state index contributed by atoms with van der Waals surface area (Å²) < 4.78 is 20.1. The summed E-state index contributed by atoms with van der Waals surface area (Å²) in [6, 6.07) is 23.2. The van der Waals surface area contributed by atoms with Gasteiger partial charge < -0.3 is 14.6 Å². The van der Waals surface area contributed by atoms with Crippen LogP contribution in [0.15, 0.2) is 72.8 Å². The van der Waals surface area contributed by atoms with Crippen molar-refractivity contribution in [1.82, 2.24) is 0 Å². The van der Waals surface area contributed by atoms with Crippen LogP contribution in [-0.4, -0.2) is 12.1 Å². The van der Waals surface area contributed by atoms with Crippen LogP contribution in [0.2, 0.25) is 0 Å². The summed E-state index contributed by atoms with van der Waals surface area (Å²) in [6.45, 7) is 1.48. The lowest BCUT2D eigenvalue weighted by Crippen LogP contribution is -2.30. The maximum Gasteiger partial charge on any atom is 0.491 e. The number of hydrogen-bond donors (Lipinski definition) is 1. The highest BCUT2D eigenvalue weighted by Crippen LogP contribution is 2.26. The number of fused-ring (bicyclic) bond motifs is 1. The maximum atomic E-state index is 14.9. The first-order chi connectivity index (χ1) is 12.7. The van der Waals surface area contributed by atoms with Crippen molar-refractivity contribution in [3.63, 3.8) is 0 Å². The smallest absolute Gasteiger partial charge is 0.423 e. The van der Waals surface area contributed by atoms with Crippen molar-refractivity contribution in [2.75, 3.05) is 4.90 Å². The molecule has 0 bridgehead atoms. The fourth-order valence-electron chi connectivity index (χ4n) is 3.31. The summed E-state index contributed by atoms with van der Waals surface area (Å²) in [7, 11) is -1.04. The first kappa shape index (κ1) is 16.8. The van der Waals surface area contributed by atoms with Crippen molar-refractivity contribution in [2.24, 2.45) is 0 Å². The van der Waals surface area contributed by atoms with Gasteiger partial charge in [0.05, 0.1) is 12.3 Å². The van der Waals surface area contributed by atoms with E-state index in [1.54, 1.807) is 6.07 Å². The Kier molecular flexibility index (Phi) is 4.74. The number of hydrogen-bond acceptors (Lipinski definition) is 3. The summed E-state index contributed by atoms with van der Waals surface area (Å²) in [5.41, 5.74) is 4.10. The summed E-state index contributed by atoms with van der Waals surface area (Å²) >= 11 is 0. The molecule has 0 saturated heterocycles. The van der Waals surface area contributed by atoms with Crippen molar-refractivity contribution in [2.45, 2.75) is 19.7 Å². The highest BCUT2D eigenvalue weighted by Gasteiger charge is 2.29. The van der Waals surface area contributed by atoms with E-state index in [1.807, 2.05) is 65.6 Å². The second-order valence-electron chi connectivity index (χ2n) is 6.49. The minimum absolute atomic E-state index is 0.300. The summed E-state index contributed by atoms with van der Waals surface area (Å²) in [5, 5.41) is 9.80. The molecule has 130 valence electrons. The van der Waals surface area contributed by atoms with Gasteiger partial charge in [-0.3, -0.25) is 0 Å². The van der Waals surface area contributed by atoms with E-state index in [4.69, 9.17) is 4.65 Å². The predicted molar refractivity (Wildman–Crippen MR) is 102 cm³/mol. The molecule has 1 N–H and O–H groups in total. The molecule has 4 rings (SSSR count). The molecule has 5 heteroatoms. The Bertz CT molecular complexity index is 848. The molecule has 0 aliphatic carbocycles. The molecule has 0 saturated carbocycles. The molecule has 0 radical (unpaired) electrons. The van der Waals surface area contributed by atoms with E-state index in [1.165, 1.54) is 6.07 Å². The zero-order valence-corrected chi connectivity index (χ0v) is 14.3. The highest BCUT2D eigenvalue weighted by atomic mass is 19.1. The van der Waals surface area contributed by atoms with Gasteiger partial charge in [-0.25, -0.2) is 4.39 Å². The van der Waals surface area contributed by atoms with Crippen LogP contribution < -0.4 is 10.4 Å². The van der Waals surface area contributed by atoms with Crippen LogP contribution in [0.3, 0.4) is 0 Å². The molecule has 26 heavy (non-hydrogen) atoms. The fourth-order valence-corrected chi connectivity index (χ4v) is 3.31. The molecule has 3 aromatic carbocycles. The van der Waals surface area contributed by atoms with Gasteiger partial charge in [0, 0.05) is 13.1 Å². The van der Waals surface area contributed by atoms with E-state index in [2.05, 4.69) is 0 Å². The molecule has 0 spiro atoms. The molecule has 3 nitrogen and oxygen atoms in total. The maximum absolute atomic E-state index is 14.9. The third-order valence-electron chi connectivity index (χ3n) is 4.64. The van der Waals surface area contributed by atoms with Gasteiger partial charge in [-0.1, -0.05) is 60.7 Å². The average molecular weight is 347 g/mol. The Morgan fingerprint density at radius 3 is 2.08 bits per heavy atom. The van der Waals surface area contributed by atoms with Crippen LogP contribution in [0, 0.1) is 5.82 Å². The lowest BCUT2D eigenvalue weighted by Gasteiger charge is -2.26. The Morgan fingerprint density at radius 1 is 0.923 bits per heavy atom. The molecule has 0 fully saturated rings. The number of nitrogens with zero attached hydrogens (tertiary/aromatic N) is 1. The number of rotatable bonds is 5. The standard InChI is InChI=1S/C21H19BFNO2/c23-20-12-19-18(15-26-22(19)25)11-21(20)24(13-16-7-3-1-4-8-16)14-17-9-5-2-6-10-17/h1-12,25H,13-15H2. The lowest BCUT2D eigenvalue weighted by atomic mass is 9.79. The molecule has 3 aromatic rings. The second kappa shape index (κ2) is 7.32. The topological polar surface area (TPSA) is 32.7 Å². The first-order valence-electron chi connectivity index (χ1n) is 8.65. The first-order valence-corrected chi connectivity index (χ1v) is 8.65. The molecule has 1 aliphatic rings. The Hall–Kier alpha value is -2.63. The van der Waals surface area contributed by atoms with Gasteiger partial charge in [0.1, 0.15) is 5.82 Å². The molecular weight excluding hydrogens is 328 g/mol. The Balaban J connectivity index is 1.70. The quantitative estimate of drug-likeness (QED) is 0.720. The second-order valence-corrected chi connectivity index (χ2v) is 6.49. The normalized spacial score (nSPS) is 12.9. The van der Waals surface area contributed by atoms with E-state index in [9.17, 15) is 9.41 Å². The Labute approximate surface area is 152 Å². The highest BCUT2D eigenvalue weighted by molar-refractivity contribution is 6.61. The third kappa shape index (κ3) is 3.50. The van der Waals surface area contributed by atoms with E-state index < -0.39 is 7.12 Å². The molecule has 0 atom stereocenters. The molecule has 0 unspecified atom stereocenters. The van der Waals surface area contributed by atoms with Gasteiger partial charge in [0.25, 0.3) is 0 Å². The number of anilines is 1. The van der Waals surface area contributed by atoms with Gasteiger partial charge in [-0.05, 0) is 34.3 Å². The van der Waals surface area contributed by atoms with E-state index in [0.29, 0.717) is 30.8 Å². The minimum atomic E-state index is -1.04. The van der Waals surface area contributed by atoms with E-state index in [-0.39, 0.29) is 5.82 Å². The molecule has 0 aromatic heterocycles. The van der Waals surface area contributed by atoms with Crippen molar-refractivity contribution >= 4 is 18.3 Å². The van der Waals surface area contributed by atoms with Crippen molar-refractivity contribution in [3.05, 3.63) is 95.3 Å².